The molecule has 0 unspecified atom stereocenters. The van der Waals surface area contributed by atoms with E-state index in [4.69, 9.17) is 0 Å². The molecular formula is C17H17FN2O2. The van der Waals surface area contributed by atoms with Gasteiger partial charge in [0.15, 0.2) is 0 Å². The molecule has 0 bridgehead atoms. The van der Waals surface area contributed by atoms with Gasteiger partial charge >= 0.3 is 0 Å². The summed E-state index contributed by atoms with van der Waals surface area (Å²) in [5.74, 6) is -1.49. The summed E-state index contributed by atoms with van der Waals surface area (Å²) in [6.07, 6.45) is 0. The first-order valence-electron chi connectivity index (χ1n) is 6.95. The fourth-order valence-electron chi connectivity index (χ4n) is 1.97. The van der Waals surface area contributed by atoms with E-state index in [2.05, 4.69) is 10.6 Å². The number of rotatable bonds is 4. The lowest BCUT2D eigenvalue weighted by molar-refractivity contribution is 0.0944. The summed E-state index contributed by atoms with van der Waals surface area (Å²) in [5.41, 5.74) is 0.608. The summed E-state index contributed by atoms with van der Waals surface area (Å²) in [5, 5.41) is 5.34. The monoisotopic (exact) mass is 300 g/mol. The van der Waals surface area contributed by atoms with Crippen LogP contribution in [0.2, 0.25) is 0 Å². The Morgan fingerprint density at radius 1 is 0.909 bits per heavy atom. The molecular weight excluding hydrogens is 283 g/mol. The molecule has 2 N–H and O–H groups in total. The van der Waals surface area contributed by atoms with Crippen LogP contribution >= 0.6 is 0 Å². The number of hydrogen-bond acceptors (Lipinski definition) is 2. The van der Waals surface area contributed by atoms with E-state index in [-0.39, 0.29) is 17.5 Å². The molecule has 2 aromatic carbocycles. The molecule has 22 heavy (non-hydrogen) atoms. The fraction of sp³-hybridized carbons (Fsp3) is 0.176. The first kappa shape index (κ1) is 15.7. The van der Waals surface area contributed by atoms with E-state index >= 15 is 0 Å². The van der Waals surface area contributed by atoms with Crippen LogP contribution in [0.1, 0.15) is 34.6 Å². The molecule has 0 heterocycles. The van der Waals surface area contributed by atoms with Crippen molar-refractivity contribution in [2.75, 3.05) is 5.32 Å². The third kappa shape index (κ3) is 3.69. The summed E-state index contributed by atoms with van der Waals surface area (Å²) >= 11 is 0. The first-order chi connectivity index (χ1) is 10.5. The Kier molecular flexibility index (Phi) is 4.88. The van der Waals surface area contributed by atoms with E-state index in [0.717, 1.165) is 0 Å². The summed E-state index contributed by atoms with van der Waals surface area (Å²) < 4.78 is 13.6. The molecule has 0 aliphatic heterocycles. The van der Waals surface area contributed by atoms with Gasteiger partial charge < -0.3 is 10.6 Å². The van der Waals surface area contributed by atoms with Crippen LogP contribution in [0.4, 0.5) is 10.1 Å². The highest BCUT2D eigenvalue weighted by Gasteiger charge is 2.16. The van der Waals surface area contributed by atoms with Crippen molar-refractivity contribution in [1.82, 2.24) is 5.32 Å². The minimum atomic E-state index is -0.607. The molecule has 0 radical (unpaired) electrons. The molecule has 0 aromatic heterocycles. The number of amides is 2. The van der Waals surface area contributed by atoms with E-state index < -0.39 is 11.7 Å². The topological polar surface area (TPSA) is 58.2 Å². The molecule has 0 aliphatic carbocycles. The van der Waals surface area contributed by atoms with Crippen LogP contribution in [-0.4, -0.2) is 17.9 Å². The summed E-state index contributed by atoms with van der Waals surface area (Å²) in [6, 6.07) is 12.3. The fourth-order valence-corrected chi connectivity index (χ4v) is 1.97. The molecule has 114 valence electrons. The first-order valence-corrected chi connectivity index (χ1v) is 6.95. The Balaban J connectivity index is 2.25. The lowest BCUT2D eigenvalue weighted by Gasteiger charge is -2.13. The second kappa shape index (κ2) is 6.85. The number of benzene rings is 2. The van der Waals surface area contributed by atoms with Crippen LogP contribution in [0.25, 0.3) is 0 Å². The molecule has 0 spiro atoms. The standard InChI is InChI=1S/C17H17FN2O2/c1-11(2)19-17(22)13-8-4-6-10-15(13)20-16(21)12-7-3-5-9-14(12)18/h3-11H,1-2H3,(H,19,22)(H,20,21). The molecule has 0 fully saturated rings. The van der Waals surface area contributed by atoms with Crippen LogP contribution in [0.15, 0.2) is 48.5 Å². The van der Waals surface area contributed by atoms with E-state index in [0.29, 0.717) is 11.3 Å². The van der Waals surface area contributed by atoms with Gasteiger partial charge in [-0.15, -0.1) is 0 Å². The van der Waals surface area contributed by atoms with Gasteiger partial charge in [-0.2, -0.15) is 0 Å². The van der Waals surface area contributed by atoms with Crippen LogP contribution < -0.4 is 10.6 Å². The third-order valence-electron chi connectivity index (χ3n) is 2.96. The number of halogens is 1. The van der Waals surface area contributed by atoms with Gasteiger partial charge in [-0.05, 0) is 38.1 Å². The second-order valence-electron chi connectivity index (χ2n) is 5.11. The van der Waals surface area contributed by atoms with Gasteiger partial charge in [0, 0.05) is 6.04 Å². The van der Waals surface area contributed by atoms with Crippen LogP contribution in [-0.2, 0) is 0 Å². The van der Waals surface area contributed by atoms with E-state index in [1.54, 1.807) is 30.3 Å². The third-order valence-corrected chi connectivity index (χ3v) is 2.96. The predicted molar refractivity (Wildman–Crippen MR) is 83.4 cm³/mol. The summed E-state index contributed by atoms with van der Waals surface area (Å²) in [6.45, 7) is 3.69. The van der Waals surface area contributed by atoms with Gasteiger partial charge in [-0.25, -0.2) is 4.39 Å². The maximum atomic E-state index is 13.6. The zero-order valence-electron chi connectivity index (χ0n) is 12.4. The minimum absolute atomic E-state index is 0.0252. The normalized spacial score (nSPS) is 10.4. The van der Waals surface area contributed by atoms with Crippen LogP contribution in [0, 0.1) is 5.82 Å². The average molecular weight is 300 g/mol. The zero-order valence-corrected chi connectivity index (χ0v) is 12.4. The Morgan fingerprint density at radius 3 is 2.14 bits per heavy atom. The molecule has 0 saturated heterocycles. The number of anilines is 1. The zero-order chi connectivity index (χ0) is 16.1. The number of nitrogens with one attached hydrogen (secondary N) is 2. The lowest BCUT2D eigenvalue weighted by Crippen LogP contribution is -2.31. The molecule has 0 atom stereocenters. The van der Waals surface area contributed by atoms with Gasteiger partial charge in [0.1, 0.15) is 5.82 Å². The lowest BCUT2D eigenvalue weighted by atomic mass is 10.1. The van der Waals surface area contributed by atoms with Crippen molar-refractivity contribution >= 4 is 17.5 Å². The van der Waals surface area contributed by atoms with E-state index in [1.807, 2.05) is 13.8 Å². The highest BCUT2D eigenvalue weighted by Crippen LogP contribution is 2.17. The highest BCUT2D eigenvalue weighted by atomic mass is 19.1. The van der Waals surface area contributed by atoms with Crippen molar-refractivity contribution in [3.05, 3.63) is 65.5 Å². The molecule has 5 heteroatoms. The Labute approximate surface area is 128 Å². The Hall–Kier alpha value is -2.69. The van der Waals surface area contributed by atoms with Gasteiger partial charge in [0.25, 0.3) is 11.8 Å². The van der Waals surface area contributed by atoms with Crippen LogP contribution in [0.3, 0.4) is 0 Å². The molecule has 2 amide bonds. The molecule has 0 aliphatic rings. The Bertz CT molecular complexity index is 699. The average Bonchev–Trinajstić information content (AvgIpc) is 2.47. The highest BCUT2D eigenvalue weighted by molar-refractivity contribution is 6.09. The van der Waals surface area contributed by atoms with Crippen molar-refractivity contribution in [2.24, 2.45) is 0 Å². The van der Waals surface area contributed by atoms with Crippen molar-refractivity contribution in [2.45, 2.75) is 19.9 Å². The molecule has 4 nitrogen and oxygen atoms in total. The number of hydrogen-bond donors (Lipinski definition) is 2. The van der Waals surface area contributed by atoms with Gasteiger partial charge in [0.2, 0.25) is 0 Å². The smallest absolute Gasteiger partial charge is 0.258 e. The quantitative estimate of drug-likeness (QED) is 0.911. The van der Waals surface area contributed by atoms with Crippen molar-refractivity contribution in [3.63, 3.8) is 0 Å². The maximum absolute atomic E-state index is 13.6. The number of carbonyl (C=O) groups excluding carboxylic acids is 2. The SMILES string of the molecule is CC(C)NC(=O)c1ccccc1NC(=O)c1ccccc1F. The summed E-state index contributed by atoms with van der Waals surface area (Å²) in [7, 11) is 0. The number of carbonyl (C=O) groups is 2. The molecule has 2 aromatic rings. The van der Waals surface area contributed by atoms with Gasteiger partial charge in [0.05, 0.1) is 16.8 Å². The predicted octanol–water partition coefficient (Wildman–Crippen LogP) is 3.22. The number of para-hydroxylation sites is 1. The molecule has 0 saturated carbocycles. The van der Waals surface area contributed by atoms with Crippen molar-refractivity contribution in [3.8, 4) is 0 Å². The Morgan fingerprint density at radius 2 is 1.50 bits per heavy atom. The van der Waals surface area contributed by atoms with E-state index in [9.17, 15) is 14.0 Å². The minimum Gasteiger partial charge on any atom is -0.350 e. The second-order valence-corrected chi connectivity index (χ2v) is 5.11. The van der Waals surface area contributed by atoms with Crippen LogP contribution in [0.5, 0.6) is 0 Å². The van der Waals surface area contributed by atoms with Crippen molar-refractivity contribution in [1.29, 1.82) is 0 Å². The molecule has 2 rings (SSSR count). The largest absolute Gasteiger partial charge is 0.350 e. The van der Waals surface area contributed by atoms with Gasteiger partial charge in [-0.3, -0.25) is 9.59 Å². The summed E-state index contributed by atoms with van der Waals surface area (Å²) in [4.78, 5) is 24.3. The van der Waals surface area contributed by atoms with Crippen molar-refractivity contribution < 1.29 is 14.0 Å². The van der Waals surface area contributed by atoms with E-state index in [1.165, 1.54) is 18.2 Å². The van der Waals surface area contributed by atoms with Gasteiger partial charge in [-0.1, -0.05) is 24.3 Å². The maximum Gasteiger partial charge on any atom is 0.258 e.